The van der Waals surface area contributed by atoms with Crippen molar-refractivity contribution in [1.29, 1.82) is 0 Å². The van der Waals surface area contributed by atoms with Crippen LogP contribution in [0.2, 0.25) is 0 Å². The van der Waals surface area contributed by atoms with Crippen molar-refractivity contribution in [3.05, 3.63) is 51.0 Å². The highest BCUT2D eigenvalue weighted by Crippen LogP contribution is 2.39. The number of nitro benzene ring substituents is 1. The summed E-state index contributed by atoms with van der Waals surface area (Å²) in [4.78, 5) is 34.8. The summed E-state index contributed by atoms with van der Waals surface area (Å²) in [6.07, 6.45) is 1.08. The second-order valence-electron chi connectivity index (χ2n) is 8.00. The second kappa shape index (κ2) is 8.09. The van der Waals surface area contributed by atoms with Crippen LogP contribution in [0.25, 0.3) is 0 Å². The number of ether oxygens (including phenoxy) is 1. The number of carbonyl (C=O) groups is 2. The van der Waals surface area contributed by atoms with E-state index in [1.54, 1.807) is 6.92 Å². The molecule has 1 aromatic carbocycles. The smallest absolute Gasteiger partial charge is 0.332 e. The highest BCUT2D eigenvalue weighted by atomic mass is 16.6. The lowest BCUT2D eigenvalue weighted by atomic mass is 9.75. The first kappa shape index (κ1) is 21.8. The number of nitro groups is 1. The van der Waals surface area contributed by atoms with Gasteiger partial charge >= 0.3 is 6.03 Å². The average Bonchev–Trinajstić information content (AvgIpc) is 3.01. The number of rotatable bonds is 5. The Morgan fingerprint density at radius 1 is 1.32 bits per heavy atom. The van der Waals surface area contributed by atoms with Gasteiger partial charge in [0.15, 0.2) is 5.76 Å². The molecular formula is C20H23N5O6. The van der Waals surface area contributed by atoms with Crippen LogP contribution in [0.3, 0.4) is 0 Å². The molecule has 164 valence electrons. The molecule has 1 aliphatic rings. The van der Waals surface area contributed by atoms with Gasteiger partial charge in [-0.05, 0) is 30.9 Å². The number of amides is 3. The van der Waals surface area contributed by atoms with E-state index in [1.807, 2.05) is 13.8 Å². The number of nitrogens with one attached hydrogen (secondary N) is 2. The number of furan rings is 1. The first-order valence-corrected chi connectivity index (χ1v) is 9.41. The van der Waals surface area contributed by atoms with Crippen molar-refractivity contribution in [2.75, 3.05) is 12.4 Å². The molecule has 0 saturated carbocycles. The van der Waals surface area contributed by atoms with Gasteiger partial charge in [0.25, 0.3) is 11.6 Å². The van der Waals surface area contributed by atoms with E-state index in [9.17, 15) is 19.7 Å². The van der Waals surface area contributed by atoms with Crippen LogP contribution >= 0.6 is 0 Å². The van der Waals surface area contributed by atoms with Crippen LogP contribution in [0.5, 0.6) is 5.75 Å². The molecular weight excluding hydrogens is 406 g/mol. The molecule has 1 heterocycles. The van der Waals surface area contributed by atoms with Gasteiger partial charge in [0.1, 0.15) is 17.2 Å². The molecule has 0 atom stereocenters. The molecule has 1 aliphatic carbocycles. The summed E-state index contributed by atoms with van der Waals surface area (Å²) < 4.78 is 10.9. The summed E-state index contributed by atoms with van der Waals surface area (Å²) in [5.74, 6) is 0.215. The van der Waals surface area contributed by atoms with Crippen LogP contribution in [0.15, 0.2) is 27.7 Å². The lowest BCUT2D eigenvalue weighted by molar-refractivity contribution is -0.384. The molecule has 11 heteroatoms. The maximum Gasteiger partial charge on any atom is 0.332 e. The van der Waals surface area contributed by atoms with Gasteiger partial charge in [0.05, 0.1) is 23.8 Å². The van der Waals surface area contributed by atoms with Crippen molar-refractivity contribution < 1.29 is 23.7 Å². The van der Waals surface area contributed by atoms with E-state index in [-0.39, 0.29) is 22.6 Å². The number of primary amides is 1. The van der Waals surface area contributed by atoms with Crippen LogP contribution in [-0.2, 0) is 6.42 Å². The molecule has 31 heavy (non-hydrogen) atoms. The molecule has 2 aromatic rings. The normalized spacial score (nSPS) is 15.8. The SMILES string of the molecule is COc1ccc(NC(=O)c2oc3c(c2C)/C(=N\NC(N)=O)CC(C)(C)C3)c([N+](=O)[O-])c1. The zero-order valence-electron chi connectivity index (χ0n) is 17.6. The molecule has 11 nitrogen and oxygen atoms in total. The van der Waals surface area contributed by atoms with E-state index in [0.29, 0.717) is 41.2 Å². The van der Waals surface area contributed by atoms with Crippen LogP contribution < -0.4 is 21.2 Å². The average molecular weight is 429 g/mol. The highest BCUT2D eigenvalue weighted by Gasteiger charge is 2.36. The molecule has 0 spiro atoms. The first-order valence-electron chi connectivity index (χ1n) is 9.41. The van der Waals surface area contributed by atoms with Crippen molar-refractivity contribution in [2.45, 2.75) is 33.6 Å². The predicted octanol–water partition coefficient (Wildman–Crippen LogP) is 3.10. The van der Waals surface area contributed by atoms with Gasteiger partial charge in [-0.1, -0.05) is 13.8 Å². The second-order valence-corrected chi connectivity index (χ2v) is 8.00. The van der Waals surface area contributed by atoms with Crippen LogP contribution in [0, 0.1) is 22.5 Å². The minimum atomic E-state index is -0.802. The summed E-state index contributed by atoms with van der Waals surface area (Å²) in [6, 6.07) is 3.31. The summed E-state index contributed by atoms with van der Waals surface area (Å²) >= 11 is 0. The molecule has 0 radical (unpaired) electrons. The van der Waals surface area contributed by atoms with E-state index in [2.05, 4.69) is 15.8 Å². The minimum absolute atomic E-state index is 0.00851. The number of hydrogen-bond acceptors (Lipinski definition) is 7. The molecule has 0 bridgehead atoms. The summed E-state index contributed by atoms with van der Waals surface area (Å²) in [5.41, 5.74) is 8.52. The maximum absolute atomic E-state index is 12.9. The summed E-state index contributed by atoms with van der Waals surface area (Å²) in [7, 11) is 1.39. The Labute approximate surface area is 177 Å². The van der Waals surface area contributed by atoms with Crippen molar-refractivity contribution in [1.82, 2.24) is 5.43 Å². The Kier molecular flexibility index (Phi) is 5.69. The third-order valence-electron chi connectivity index (χ3n) is 4.95. The molecule has 1 aromatic heterocycles. The van der Waals surface area contributed by atoms with Gasteiger partial charge in [-0.3, -0.25) is 14.9 Å². The monoisotopic (exact) mass is 429 g/mol. The third kappa shape index (κ3) is 4.49. The van der Waals surface area contributed by atoms with E-state index < -0.39 is 16.9 Å². The topological polar surface area (TPSA) is 162 Å². The number of nitrogens with zero attached hydrogens (tertiary/aromatic N) is 2. The number of benzene rings is 1. The highest BCUT2D eigenvalue weighted by molar-refractivity contribution is 6.10. The van der Waals surface area contributed by atoms with Crippen LogP contribution in [0.1, 0.15) is 47.7 Å². The Morgan fingerprint density at radius 2 is 2.03 bits per heavy atom. The number of anilines is 1. The fourth-order valence-corrected chi connectivity index (χ4v) is 3.62. The number of hydrazone groups is 1. The Balaban J connectivity index is 1.99. The maximum atomic E-state index is 12.9. The predicted molar refractivity (Wildman–Crippen MR) is 112 cm³/mol. The lowest BCUT2D eigenvalue weighted by Crippen LogP contribution is -2.31. The fraction of sp³-hybridized carbons (Fsp3) is 0.350. The van der Waals surface area contributed by atoms with Crippen molar-refractivity contribution in [2.24, 2.45) is 16.3 Å². The van der Waals surface area contributed by atoms with Crippen molar-refractivity contribution in [3.63, 3.8) is 0 Å². The Morgan fingerprint density at radius 3 is 2.65 bits per heavy atom. The van der Waals surface area contributed by atoms with Crippen molar-refractivity contribution in [3.8, 4) is 5.75 Å². The quantitative estimate of drug-likeness (QED) is 0.488. The van der Waals surface area contributed by atoms with Gasteiger partial charge in [0.2, 0.25) is 0 Å². The summed E-state index contributed by atoms with van der Waals surface area (Å²) in [6.45, 7) is 5.71. The molecule has 3 rings (SSSR count). The fourth-order valence-electron chi connectivity index (χ4n) is 3.62. The largest absolute Gasteiger partial charge is 0.496 e. The number of carbonyl (C=O) groups excluding carboxylic acids is 2. The van der Waals surface area contributed by atoms with Gasteiger partial charge in [-0.15, -0.1) is 0 Å². The zero-order valence-corrected chi connectivity index (χ0v) is 17.6. The van der Waals surface area contributed by atoms with E-state index in [4.69, 9.17) is 14.9 Å². The number of methoxy groups -OCH3 is 1. The molecule has 0 saturated heterocycles. The number of urea groups is 1. The van der Waals surface area contributed by atoms with E-state index in [1.165, 1.54) is 25.3 Å². The van der Waals surface area contributed by atoms with Gasteiger partial charge in [0, 0.05) is 17.5 Å². The molecule has 4 N–H and O–H groups in total. The third-order valence-corrected chi connectivity index (χ3v) is 4.95. The molecule has 3 amide bonds. The van der Waals surface area contributed by atoms with Gasteiger partial charge < -0.3 is 20.2 Å². The van der Waals surface area contributed by atoms with Crippen molar-refractivity contribution >= 4 is 29.0 Å². The van der Waals surface area contributed by atoms with Gasteiger partial charge in [-0.25, -0.2) is 10.2 Å². The number of hydrogen-bond donors (Lipinski definition) is 3. The Bertz CT molecular complexity index is 1100. The first-order chi connectivity index (χ1) is 14.5. The van der Waals surface area contributed by atoms with Gasteiger partial charge in [-0.2, -0.15) is 5.10 Å². The lowest BCUT2D eigenvalue weighted by Gasteiger charge is -2.29. The number of nitrogens with two attached hydrogens (primary N) is 1. The van der Waals surface area contributed by atoms with E-state index in [0.717, 1.165) is 0 Å². The Hall–Kier alpha value is -3.89. The zero-order chi connectivity index (χ0) is 22.9. The van der Waals surface area contributed by atoms with Crippen LogP contribution in [0.4, 0.5) is 16.2 Å². The molecule has 0 unspecified atom stereocenters. The molecule has 0 aliphatic heterocycles. The number of fused-ring (bicyclic) bond motifs is 1. The standard InChI is InChI=1S/C20H23N5O6/c1-10-16-13(23-24-19(21)27)8-20(2,3)9-15(16)31-17(10)18(26)22-12-6-5-11(30-4)7-14(12)25(28)29/h5-7H,8-9H2,1-4H3,(H,22,26)(H3,21,24,27)/b23-13-. The molecule has 0 fully saturated rings. The van der Waals surface area contributed by atoms with Crippen LogP contribution in [-0.4, -0.2) is 29.7 Å². The van der Waals surface area contributed by atoms with E-state index >= 15 is 0 Å². The summed E-state index contributed by atoms with van der Waals surface area (Å²) in [5, 5.41) is 18.0. The minimum Gasteiger partial charge on any atom is -0.496 e.